The lowest BCUT2D eigenvalue weighted by Crippen LogP contribution is -1.95. The molecule has 0 atom stereocenters. The van der Waals surface area contributed by atoms with Gasteiger partial charge in [0.25, 0.3) is 0 Å². The summed E-state index contributed by atoms with van der Waals surface area (Å²) in [5, 5.41) is 0. The lowest BCUT2D eigenvalue weighted by Gasteiger charge is -1.89. The summed E-state index contributed by atoms with van der Waals surface area (Å²) in [7, 11) is 1.31. The molecule has 0 fully saturated rings. The van der Waals surface area contributed by atoms with E-state index >= 15 is 0 Å². The van der Waals surface area contributed by atoms with Crippen molar-refractivity contribution in [1.82, 2.24) is 0 Å². The Balaban J connectivity index is 0. The van der Waals surface area contributed by atoms with Gasteiger partial charge >= 0.3 is 11.9 Å². The van der Waals surface area contributed by atoms with Crippen LogP contribution in [0.2, 0.25) is 0 Å². The van der Waals surface area contributed by atoms with Gasteiger partial charge in [-0.05, 0) is 6.92 Å². The Labute approximate surface area is 72.2 Å². The Morgan fingerprint density at radius 1 is 1.50 bits per heavy atom. The topological polar surface area (TPSA) is 52.6 Å². The molecule has 0 rings (SSSR count). The van der Waals surface area contributed by atoms with E-state index in [2.05, 4.69) is 16.1 Å². The van der Waals surface area contributed by atoms with E-state index in [4.69, 9.17) is 0 Å². The van der Waals surface area contributed by atoms with E-state index in [1.165, 1.54) is 14.0 Å². The van der Waals surface area contributed by atoms with Crippen LogP contribution >= 0.6 is 0 Å². The van der Waals surface area contributed by atoms with Crippen molar-refractivity contribution in [1.29, 1.82) is 0 Å². The van der Waals surface area contributed by atoms with Crippen molar-refractivity contribution in [3.63, 3.8) is 0 Å². The summed E-state index contributed by atoms with van der Waals surface area (Å²) in [5.41, 5.74) is 0. The second kappa shape index (κ2) is 9.68. The summed E-state index contributed by atoms with van der Waals surface area (Å²) in [6, 6.07) is 0. The molecule has 0 aliphatic rings. The molecule has 0 aliphatic carbocycles. The predicted molar refractivity (Wildman–Crippen MR) is 44.5 cm³/mol. The number of hydrogen-bond acceptors (Lipinski definition) is 4. The Morgan fingerprint density at radius 2 is 2.00 bits per heavy atom. The molecule has 0 bridgehead atoms. The van der Waals surface area contributed by atoms with E-state index in [-0.39, 0.29) is 5.97 Å². The maximum absolute atomic E-state index is 9.84. The minimum Gasteiger partial charge on any atom is -0.466 e. The number of rotatable bonds is 2. The van der Waals surface area contributed by atoms with Gasteiger partial charge in [0.1, 0.15) is 0 Å². The minimum absolute atomic E-state index is 0.211. The van der Waals surface area contributed by atoms with Crippen molar-refractivity contribution >= 4 is 11.9 Å². The fraction of sp³-hybridized carbons (Fsp3) is 0.500. The largest absolute Gasteiger partial charge is 0.466 e. The van der Waals surface area contributed by atoms with Gasteiger partial charge < -0.3 is 9.47 Å². The number of hydrogen-bond donors (Lipinski definition) is 0. The normalized spacial score (nSPS) is 7.25. The van der Waals surface area contributed by atoms with Gasteiger partial charge in [0.05, 0.1) is 13.7 Å². The van der Waals surface area contributed by atoms with Crippen LogP contribution in [0, 0.1) is 0 Å². The van der Waals surface area contributed by atoms with Crippen LogP contribution in [-0.2, 0) is 19.1 Å². The lowest BCUT2D eigenvalue weighted by molar-refractivity contribution is -0.140. The summed E-state index contributed by atoms with van der Waals surface area (Å²) in [6.07, 6.45) is 1.11. The van der Waals surface area contributed by atoms with Crippen LogP contribution in [-0.4, -0.2) is 25.7 Å². The standard InChI is InChI=1S/C4H6O2.C4H8O2/c1-3-4(5)6-2;1-3-6-4(2)5/h3H,1H2,2H3;3H2,1-2H3. The molecule has 0 aromatic carbocycles. The van der Waals surface area contributed by atoms with Crippen LogP contribution in [0.4, 0.5) is 0 Å². The number of carbonyl (C=O) groups is 2. The van der Waals surface area contributed by atoms with Gasteiger partial charge in [0, 0.05) is 13.0 Å². The maximum atomic E-state index is 9.84. The monoisotopic (exact) mass is 174 g/mol. The number of methoxy groups -OCH3 is 1. The first-order valence-electron chi connectivity index (χ1n) is 3.42. The second-order valence-corrected chi connectivity index (χ2v) is 1.65. The molecular formula is C8H14O4. The zero-order valence-corrected chi connectivity index (χ0v) is 7.62. The van der Waals surface area contributed by atoms with Crippen molar-refractivity contribution in [3.8, 4) is 0 Å². The van der Waals surface area contributed by atoms with Crippen LogP contribution in [0.1, 0.15) is 13.8 Å². The molecule has 70 valence electrons. The van der Waals surface area contributed by atoms with E-state index in [1.807, 2.05) is 0 Å². The Morgan fingerprint density at radius 3 is 2.00 bits per heavy atom. The molecule has 12 heavy (non-hydrogen) atoms. The van der Waals surface area contributed by atoms with Gasteiger partial charge in [-0.25, -0.2) is 4.79 Å². The van der Waals surface area contributed by atoms with Crippen molar-refractivity contribution in [2.45, 2.75) is 13.8 Å². The molecule has 0 amide bonds. The SMILES string of the molecule is C=CC(=O)OC.CCOC(C)=O. The van der Waals surface area contributed by atoms with E-state index in [0.717, 1.165) is 6.08 Å². The molecule has 0 aromatic rings. The highest BCUT2D eigenvalue weighted by molar-refractivity contribution is 5.80. The molecule has 4 nitrogen and oxygen atoms in total. The molecule has 0 aliphatic heterocycles. The molecule has 4 heteroatoms. The smallest absolute Gasteiger partial charge is 0.329 e. The van der Waals surface area contributed by atoms with Gasteiger partial charge in [-0.3, -0.25) is 4.79 Å². The quantitative estimate of drug-likeness (QED) is 0.461. The number of esters is 2. The van der Waals surface area contributed by atoms with E-state index in [0.29, 0.717) is 6.61 Å². The summed E-state index contributed by atoms with van der Waals surface area (Å²) >= 11 is 0. The van der Waals surface area contributed by atoms with Gasteiger partial charge in [-0.2, -0.15) is 0 Å². The van der Waals surface area contributed by atoms with Crippen molar-refractivity contribution in [2.75, 3.05) is 13.7 Å². The van der Waals surface area contributed by atoms with Crippen LogP contribution < -0.4 is 0 Å². The molecule has 0 heterocycles. The fourth-order valence-electron chi connectivity index (χ4n) is 0.287. The van der Waals surface area contributed by atoms with Crippen LogP contribution in [0.15, 0.2) is 12.7 Å². The summed E-state index contributed by atoms with van der Waals surface area (Å²) in [6.45, 7) is 6.81. The first-order valence-corrected chi connectivity index (χ1v) is 3.42. The van der Waals surface area contributed by atoms with E-state index < -0.39 is 5.97 Å². The first-order chi connectivity index (χ1) is 5.58. The highest BCUT2D eigenvalue weighted by atomic mass is 16.5. The Bertz CT molecular complexity index is 151. The number of carbonyl (C=O) groups excluding carboxylic acids is 2. The van der Waals surface area contributed by atoms with Gasteiger partial charge in [-0.15, -0.1) is 0 Å². The molecular weight excluding hydrogens is 160 g/mol. The molecule has 0 saturated carbocycles. The minimum atomic E-state index is -0.394. The van der Waals surface area contributed by atoms with Gasteiger partial charge in [-0.1, -0.05) is 6.58 Å². The highest BCUT2D eigenvalue weighted by Gasteiger charge is 1.82. The Kier molecular flexibility index (Phi) is 10.7. The van der Waals surface area contributed by atoms with Crippen molar-refractivity contribution < 1.29 is 19.1 Å². The third-order valence-electron chi connectivity index (χ3n) is 0.715. The Hall–Kier alpha value is -1.32. The summed E-state index contributed by atoms with van der Waals surface area (Å²) < 4.78 is 8.55. The van der Waals surface area contributed by atoms with Gasteiger partial charge in [0.15, 0.2) is 0 Å². The van der Waals surface area contributed by atoms with E-state index in [9.17, 15) is 9.59 Å². The lowest BCUT2D eigenvalue weighted by atomic mass is 10.7. The third-order valence-corrected chi connectivity index (χ3v) is 0.715. The summed E-state index contributed by atoms with van der Waals surface area (Å²) in [4.78, 5) is 19.7. The second-order valence-electron chi connectivity index (χ2n) is 1.65. The van der Waals surface area contributed by atoms with Crippen LogP contribution in [0.25, 0.3) is 0 Å². The predicted octanol–water partition coefficient (Wildman–Crippen LogP) is 0.915. The van der Waals surface area contributed by atoms with Crippen molar-refractivity contribution in [3.05, 3.63) is 12.7 Å². The average molecular weight is 174 g/mol. The molecule has 0 spiro atoms. The fourth-order valence-corrected chi connectivity index (χ4v) is 0.287. The maximum Gasteiger partial charge on any atom is 0.329 e. The number of ether oxygens (including phenoxy) is 2. The molecule has 0 unspecified atom stereocenters. The van der Waals surface area contributed by atoms with Crippen LogP contribution in [0.3, 0.4) is 0 Å². The van der Waals surface area contributed by atoms with E-state index in [1.54, 1.807) is 6.92 Å². The average Bonchev–Trinajstić information content (AvgIpc) is 2.04. The zero-order chi connectivity index (χ0) is 9.98. The molecule has 0 aromatic heterocycles. The van der Waals surface area contributed by atoms with Crippen molar-refractivity contribution in [2.24, 2.45) is 0 Å². The van der Waals surface area contributed by atoms with Crippen LogP contribution in [0.5, 0.6) is 0 Å². The van der Waals surface area contributed by atoms with Gasteiger partial charge in [0.2, 0.25) is 0 Å². The molecule has 0 N–H and O–H groups in total. The molecule has 0 saturated heterocycles. The third kappa shape index (κ3) is 15.9. The summed E-state index contributed by atoms with van der Waals surface area (Å²) in [5.74, 6) is -0.604. The zero-order valence-electron chi connectivity index (χ0n) is 7.62. The first kappa shape index (κ1) is 13.3. The highest BCUT2D eigenvalue weighted by Crippen LogP contribution is 1.69. The molecule has 0 radical (unpaired) electrons.